The predicted octanol–water partition coefficient (Wildman–Crippen LogP) is 1.75. The topological polar surface area (TPSA) is 35.5 Å². The second-order valence-electron chi connectivity index (χ2n) is 6.56. The molecule has 0 aromatic carbocycles. The SMILES string of the molecule is c1nc(N2CCCC2)cc(N2CCC(N3CCCC3)C2)n1. The molecule has 0 radical (unpaired) electrons. The molecule has 114 valence electrons. The fourth-order valence-electron chi connectivity index (χ4n) is 3.98. The van der Waals surface area contributed by atoms with E-state index in [-0.39, 0.29) is 0 Å². The molecule has 3 aliphatic rings. The highest BCUT2D eigenvalue weighted by molar-refractivity contribution is 5.51. The summed E-state index contributed by atoms with van der Waals surface area (Å²) in [5.74, 6) is 2.23. The third-order valence-electron chi connectivity index (χ3n) is 5.21. The number of anilines is 2. The maximum atomic E-state index is 4.52. The quantitative estimate of drug-likeness (QED) is 0.846. The van der Waals surface area contributed by atoms with Crippen molar-refractivity contribution in [1.82, 2.24) is 14.9 Å². The molecule has 0 aliphatic carbocycles. The lowest BCUT2D eigenvalue weighted by Crippen LogP contribution is -2.35. The van der Waals surface area contributed by atoms with Gasteiger partial charge in [0.1, 0.15) is 18.0 Å². The molecule has 0 bridgehead atoms. The minimum atomic E-state index is 0.734. The van der Waals surface area contributed by atoms with E-state index in [4.69, 9.17) is 0 Å². The highest BCUT2D eigenvalue weighted by Gasteiger charge is 2.30. The van der Waals surface area contributed by atoms with Gasteiger partial charge in [-0.25, -0.2) is 9.97 Å². The zero-order valence-corrected chi connectivity index (χ0v) is 12.7. The van der Waals surface area contributed by atoms with Crippen molar-refractivity contribution in [2.24, 2.45) is 0 Å². The Kier molecular flexibility index (Phi) is 3.67. The van der Waals surface area contributed by atoms with Gasteiger partial charge in [0.2, 0.25) is 0 Å². The van der Waals surface area contributed by atoms with Crippen LogP contribution in [0, 0.1) is 0 Å². The third kappa shape index (κ3) is 2.71. The van der Waals surface area contributed by atoms with Crippen molar-refractivity contribution in [3.63, 3.8) is 0 Å². The van der Waals surface area contributed by atoms with Crippen molar-refractivity contribution in [1.29, 1.82) is 0 Å². The lowest BCUT2D eigenvalue weighted by molar-refractivity contribution is 0.260. The summed E-state index contributed by atoms with van der Waals surface area (Å²) >= 11 is 0. The van der Waals surface area contributed by atoms with Gasteiger partial charge in [0, 0.05) is 38.3 Å². The van der Waals surface area contributed by atoms with E-state index in [1.807, 2.05) is 0 Å². The molecular formula is C16H25N5. The second-order valence-corrected chi connectivity index (χ2v) is 6.56. The molecule has 3 aliphatic heterocycles. The van der Waals surface area contributed by atoms with Crippen LogP contribution in [0.15, 0.2) is 12.4 Å². The molecular weight excluding hydrogens is 262 g/mol. The van der Waals surface area contributed by atoms with Crippen LogP contribution in [0.2, 0.25) is 0 Å². The van der Waals surface area contributed by atoms with E-state index in [9.17, 15) is 0 Å². The summed E-state index contributed by atoms with van der Waals surface area (Å²) in [6.45, 7) is 7.15. The second kappa shape index (κ2) is 5.79. The van der Waals surface area contributed by atoms with Crippen LogP contribution in [0.5, 0.6) is 0 Å². The van der Waals surface area contributed by atoms with Crippen LogP contribution in [-0.2, 0) is 0 Å². The van der Waals surface area contributed by atoms with Gasteiger partial charge in [0.15, 0.2) is 0 Å². The van der Waals surface area contributed by atoms with Crippen LogP contribution in [0.1, 0.15) is 32.1 Å². The molecule has 4 heterocycles. The van der Waals surface area contributed by atoms with Crippen LogP contribution >= 0.6 is 0 Å². The molecule has 1 aromatic heterocycles. The Bertz CT molecular complexity index is 479. The number of nitrogens with zero attached hydrogens (tertiary/aromatic N) is 5. The Morgan fingerprint density at radius 2 is 1.48 bits per heavy atom. The molecule has 4 rings (SSSR count). The van der Waals surface area contributed by atoms with Crippen LogP contribution in [0.25, 0.3) is 0 Å². The lowest BCUT2D eigenvalue weighted by Gasteiger charge is -2.24. The van der Waals surface area contributed by atoms with Crippen LogP contribution in [0.4, 0.5) is 11.6 Å². The summed E-state index contributed by atoms with van der Waals surface area (Å²) in [4.78, 5) is 16.5. The molecule has 21 heavy (non-hydrogen) atoms. The standard InChI is InChI=1S/C16H25N5/c1-2-7-19(6-1)14-5-10-21(12-14)16-11-15(17-13-18-16)20-8-3-4-9-20/h11,13-14H,1-10,12H2. The highest BCUT2D eigenvalue weighted by Crippen LogP contribution is 2.26. The Morgan fingerprint density at radius 3 is 2.24 bits per heavy atom. The zero-order valence-electron chi connectivity index (χ0n) is 12.7. The van der Waals surface area contributed by atoms with Crippen LogP contribution < -0.4 is 9.80 Å². The van der Waals surface area contributed by atoms with Crippen molar-refractivity contribution in [3.8, 4) is 0 Å². The summed E-state index contributed by atoms with van der Waals surface area (Å²) in [5, 5.41) is 0. The Morgan fingerprint density at radius 1 is 0.810 bits per heavy atom. The van der Waals surface area contributed by atoms with Gasteiger partial charge in [-0.2, -0.15) is 0 Å². The molecule has 1 atom stereocenters. The fourth-order valence-corrected chi connectivity index (χ4v) is 3.98. The van der Waals surface area contributed by atoms with Gasteiger partial charge in [-0.3, -0.25) is 4.90 Å². The Balaban J connectivity index is 1.45. The Hall–Kier alpha value is -1.36. The summed E-state index contributed by atoms with van der Waals surface area (Å²) in [5.41, 5.74) is 0. The van der Waals surface area contributed by atoms with Gasteiger partial charge in [-0.1, -0.05) is 0 Å². The summed E-state index contributed by atoms with van der Waals surface area (Å²) < 4.78 is 0. The summed E-state index contributed by atoms with van der Waals surface area (Å²) in [6, 6.07) is 2.93. The molecule has 3 saturated heterocycles. The molecule has 0 amide bonds. The average molecular weight is 287 g/mol. The molecule has 0 N–H and O–H groups in total. The zero-order chi connectivity index (χ0) is 14.1. The molecule has 0 saturated carbocycles. The average Bonchev–Trinajstić information content (AvgIpc) is 3.26. The molecule has 1 aromatic rings. The number of rotatable bonds is 3. The first-order valence-electron chi connectivity index (χ1n) is 8.46. The summed E-state index contributed by atoms with van der Waals surface area (Å²) in [7, 11) is 0. The van der Waals surface area contributed by atoms with Gasteiger partial charge in [0.25, 0.3) is 0 Å². The van der Waals surface area contributed by atoms with Crippen molar-refractivity contribution >= 4 is 11.6 Å². The van der Waals surface area contributed by atoms with E-state index in [0.717, 1.165) is 43.9 Å². The van der Waals surface area contributed by atoms with E-state index in [1.165, 1.54) is 45.2 Å². The van der Waals surface area contributed by atoms with Crippen molar-refractivity contribution < 1.29 is 0 Å². The Labute approximate surface area is 127 Å². The fraction of sp³-hybridized carbons (Fsp3) is 0.750. The van der Waals surface area contributed by atoms with Crippen molar-refractivity contribution in [2.75, 3.05) is 49.1 Å². The van der Waals surface area contributed by atoms with E-state index >= 15 is 0 Å². The van der Waals surface area contributed by atoms with Gasteiger partial charge < -0.3 is 9.80 Å². The third-order valence-corrected chi connectivity index (χ3v) is 5.21. The maximum absolute atomic E-state index is 4.52. The first-order valence-corrected chi connectivity index (χ1v) is 8.46. The summed E-state index contributed by atoms with van der Waals surface area (Å²) in [6.07, 6.45) is 8.36. The minimum Gasteiger partial charge on any atom is -0.356 e. The van der Waals surface area contributed by atoms with Crippen molar-refractivity contribution in [3.05, 3.63) is 12.4 Å². The molecule has 3 fully saturated rings. The van der Waals surface area contributed by atoms with E-state index in [0.29, 0.717) is 0 Å². The van der Waals surface area contributed by atoms with Crippen molar-refractivity contribution in [2.45, 2.75) is 38.1 Å². The maximum Gasteiger partial charge on any atom is 0.134 e. The van der Waals surface area contributed by atoms with Gasteiger partial charge in [-0.15, -0.1) is 0 Å². The first-order chi connectivity index (χ1) is 10.4. The number of hydrogen-bond donors (Lipinski definition) is 0. The first kappa shape index (κ1) is 13.3. The van der Waals surface area contributed by atoms with Crippen LogP contribution in [-0.4, -0.2) is 60.2 Å². The van der Waals surface area contributed by atoms with Crippen LogP contribution in [0.3, 0.4) is 0 Å². The molecule has 0 spiro atoms. The minimum absolute atomic E-state index is 0.734. The number of hydrogen-bond acceptors (Lipinski definition) is 5. The lowest BCUT2D eigenvalue weighted by atomic mass is 10.2. The van der Waals surface area contributed by atoms with E-state index in [2.05, 4.69) is 30.7 Å². The predicted molar refractivity (Wildman–Crippen MR) is 84.9 cm³/mol. The largest absolute Gasteiger partial charge is 0.356 e. The van der Waals surface area contributed by atoms with E-state index in [1.54, 1.807) is 6.33 Å². The smallest absolute Gasteiger partial charge is 0.134 e. The molecule has 1 unspecified atom stereocenters. The monoisotopic (exact) mass is 287 g/mol. The van der Waals surface area contributed by atoms with Gasteiger partial charge in [0.05, 0.1) is 0 Å². The number of likely N-dealkylation sites (tertiary alicyclic amines) is 1. The molecule has 5 heteroatoms. The number of aromatic nitrogens is 2. The van der Waals surface area contributed by atoms with Gasteiger partial charge >= 0.3 is 0 Å². The molecule has 5 nitrogen and oxygen atoms in total. The van der Waals surface area contributed by atoms with Gasteiger partial charge in [-0.05, 0) is 45.2 Å². The van der Waals surface area contributed by atoms with E-state index < -0.39 is 0 Å². The normalized spacial score (nSPS) is 27.0. The highest BCUT2D eigenvalue weighted by atomic mass is 15.3.